The topological polar surface area (TPSA) is 68.2 Å². The van der Waals surface area contributed by atoms with Crippen LogP contribution in [-0.4, -0.2) is 16.3 Å². The molecule has 0 spiro atoms. The first-order valence-corrected chi connectivity index (χ1v) is 7.65. The van der Waals surface area contributed by atoms with Crippen LogP contribution in [0.15, 0.2) is 59.5 Å². The lowest BCUT2D eigenvalue weighted by Crippen LogP contribution is -2.21. The van der Waals surface area contributed by atoms with Crippen LogP contribution in [0.4, 0.5) is 10.1 Å². The second-order valence-corrected chi connectivity index (χ2v) is 5.59. The Kier molecular flexibility index (Phi) is 4.43. The van der Waals surface area contributed by atoms with Crippen LogP contribution in [0.1, 0.15) is 17.3 Å². The molecule has 2 aromatic carbocycles. The molecular formula is C19H15FN2O3. The van der Waals surface area contributed by atoms with Gasteiger partial charge in [0, 0.05) is 23.2 Å². The highest BCUT2D eigenvalue weighted by Gasteiger charge is 2.13. The molecule has 0 atom stereocenters. The summed E-state index contributed by atoms with van der Waals surface area (Å²) in [7, 11) is 0. The summed E-state index contributed by atoms with van der Waals surface area (Å²) < 4.78 is 15.5. The number of para-hydroxylation sites is 2. The number of Topliss-reactive ketones (excluding diaryl/α,β-unsaturated/α-hetero) is 1. The third-order valence-electron chi connectivity index (χ3n) is 3.84. The number of pyridine rings is 1. The zero-order chi connectivity index (χ0) is 18.0. The normalized spacial score (nSPS) is 10.6. The molecule has 0 fully saturated rings. The number of aromatic nitrogens is 1. The van der Waals surface area contributed by atoms with E-state index in [-0.39, 0.29) is 28.7 Å². The molecule has 25 heavy (non-hydrogen) atoms. The Morgan fingerprint density at radius 1 is 1.08 bits per heavy atom. The second kappa shape index (κ2) is 6.68. The van der Waals surface area contributed by atoms with Gasteiger partial charge in [0.05, 0.1) is 11.2 Å². The van der Waals surface area contributed by atoms with Gasteiger partial charge in [-0.25, -0.2) is 4.39 Å². The third-order valence-corrected chi connectivity index (χ3v) is 3.84. The van der Waals surface area contributed by atoms with E-state index >= 15 is 0 Å². The standard InChI is InChI=1S/C19H15FN2O3/c1-12(23)13-5-2-3-8-16(13)21-18(25)11-22-10-9-17(24)14-6-4-7-15(20)19(14)22/h2-10H,11H2,1H3,(H,21,25). The van der Waals surface area contributed by atoms with Crippen LogP contribution in [0.5, 0.6) is 0 Å². The Morgan fingerprint density at radius 3 is 2.60 bits per heavy atom. The van der Waals surface area contributed by atoms with E-state index in [0.29, 0.717) is 11.3 Å². The number of nitrogens with one attached hydrogen (secondary N) is 1. The van der Waals surface area contributed by atoms with Gasteiger partial charge < -0.3 is 9.88 Å². The molecule has 1 heterocycles. The summed E-state index contributed by atoms with van der Waals surface area (Å²) in [6.45, 7) is 1.22. The SMILES string of the molecule is CC(=O)c1ccccc1NC(=O)Cn1ccc(=O)c2cccc(F)c21. The van der Waals surface area contributed by atoms with Crippen molar-refractivity contribution in [1.29, 1.82) is 0 Å². The van der Waals surface area contributed by atoms with Gasteiger partial charge in [-0.2, -0.15) is 0 Å². The zero-order valence-electron chi connectivity index (χ0n) is 13.5. The zero-order valence-corrected chi connectivity index (χ0v) is 13.5. The van der Waals surface area contributed by atoms with E-state index in [2.05, 4.69) is 5.32 Å². The minimum Gasteiger partial charge on any atom is -0.335 e. The number of hydrogen-bond donors (Lipinski definition) is 1. The number of rotatable bonds is 4. The molecule has 0 unspecified atom stereocenters. The molecular weight excluding hydrogens is 323 g/mol. The number of anilines is 1. The number of ketones is 1. The van der Waals surface area contributed by atoms with Gasteiger partial charge >= 0.3 is 0 Å². The highest BCUT2D eigenvalue weighted by Crippen LogP contribution is 2.17. The molecule has 3 aromatic rings. The van der Waals surface area contributed by atoms with Crippen LogP contribution in [0.2, 0.25) is 0 Å². The van der Waals surface area contributed by atoms with Crippen molar-refractivity contribution in [2.24, 2.45) is 0 Å². The van der Waals surface area contributed by atoms with Crippen molar-refractivity contribution in [2.45, 2.75) is 13.5 Å². The third kappa shape index (κ3) is 3.33. The quantitative estimate of drug-likeness (QED) is 0.744. The van der Waals surface area contributed by atoms with E-state index in [9.17, 15) is 18.8 Å². The minimum absolute atomic E-state index is 0.0741. The summed E-state index contributed by atoms with van der Waals surface area (Å²) in [5.41, 5.74) is 0.552. The molecule has 1 N–H and O–H groups in total. The number of nitrogens with zero attached hydrogens (tertiary/aromatic N) is 1. The van der Waals surface area contributed by atoms with Gasteiger partial charge in [-0.15, -0.1) is 0 Å². The number of halogens is 1. The Balaban J connectivity index is 1.93. The number of hydrogen-bond acceptors (Lipinski definition) is 3. The Bertz CT molecular complexity index is 1040. The molecule has 6 heteroatoms. The summed E-state index contributed by atoms with van der Waals surface area (Å²) in [4.78, 5) is 35.8. The summed E-state index contributed by atoms with van der Waals surface area (Å²) in [5.74, 6) is -1.18. The lowest BCUT2D eigenvalue weighted by atomic mass is 10.1. The van der Waals surface area contributed by atoms with E-state index in [0.717, 1.165) is 0 Å². The van der Waals surface area contributed by atoms with Gasteiger partial charge in [0.15, 0.2) is 11.2 Å². The maximum Gasteiger partial charge on any atom is 0.244 e. The smallest absolute Gasteiger partial charge is 0.244 e. The molecule has 3 rings (SSSR count). The first-order valence-electron chi connectivity index (χ1n) is 7.65. The van der Waals surface area contributed by atoms with Gasteiger partial charge in [0.25, 0.3) is 0 Å². The van der Waals surface area contributed by atoms with Crippen molar-refractivity contribution >= 4 is 28.3 Å². The Hall–Kier alpha value is -3.28. The molecule has 0 aliphatic carbocycles. The first kappa shape index (κ1) is 16.6. The molecule has 0 aliphatic rings. The van der Waals surface area contributed by atoms with Crippen molar-refractivity contribution in [2.75, 3.05) is 5.32 Å². The van der Waals surface area contributed by atoms with E-state index in [1.165, 1.54) is 42.0 Å². The van der Waals surface area contributed by atoms with Gasteiger partial charge in [-0.05, 0) is 31.2 Å². The lowest BCUT2D eigenvalue weighted by Gasteiger charge is -2.13. The van der Waals surface area contributed by atoms with E-state index in [4.69, 9.17) is 0 Å². The summed E-state index contributed by atoms with van der Waals surface area (Å²) in [5, 5.41) is 2.87. The van der Waals surface area contributed by atoms with Gasteiger partial charge in [-0.1, -0.05) is 18.2 Å². The van der Waals surface area contributed by atoms with E-state index in [1.54, 1.807) is 24.3 Å². The van der Waals surface area contributed by atoms with Crippen molar-refractivity contribution in [1.82, 2.24) is 4.57 Å². The van der Waals surface area contributed by atoms with Crippen molar-refractivity contribution in [3.63, 3.8) is 0 Å². The second-order valence-electron chi connectivity index (χ2n) is 5.59. The fourth-order valence-electron chi connectivity index (χ4n) is 2.70. The Labute approximate surface area is 142 Å². The van der Waals surface area contributed by atoms with Crippen LogP contribution in [0.25, 0.3) is 10.9 Å². The van der Waals surface area contributed by atoms with Crippen LogP contribution >= 0.6 is 0 Å². The molecule has 0 saturated heterocycles. The van der Waals surface area contributed by atoms with Gasteiger partial charge in [0.2, 0.25) is 5.91 Å². The number of benzene rings is 2. The minimum atomic E-state index is -0.577. The first-order chi connectivity index (χ1) is 12.0. The Morgan fingerprint density at radius 2 is 1.84 bits per heavy atom. The molecule has 126 valence electrons. The van der Waals surface area contributed by atoms with Crippen molar-refractivity contribution in [3.05, 3.63) is 76.3 Å². The number of carbonyl (C=O) groups is 2. The number of amides is 1. The maximum absolute atomic E-state index is 14.1. The number of fused-ring (bicyclic) bond motifs is 1. The molecule has 0 bridgehead atoms. The fourth-order valence-corrected chi connectivity index (χ4v) is 2.70. The van der Waals surface area contributed by atoms with Crippen molar-refractivity contribution in [3.8, 4) is 0 Å². The van der Waals surface area contributed by atoms with Gasteiger partial charge in [-0.3, -0.25) is 14.4 Å². The predicted octanol–water partition coefficient (Wildman–Crippen LogP) is 2.98. The van der Waals surface area contributed by atoms with E-state index in [1.807, 2.05) is 0 Å². The van der Waals surface area contributed by atoms with Crippen LogP contribution in [0.3, 0.4) is 0 Å². The molecule has 5 nitrogen and oxygen atoms in total. The average Bonchev–Trinajstić information content (AvgIpc) is 2.58. The predicted molar refractivity (Wildman–Crippen MR) is 93.2 cm³/mol. The van der Waals surface area contributed by atoms with Crippen LogP contribution < -0.4 is 10.7 Å². The molecule has 0 saturated carbocycles. The average molecular weight is 338 g/mol. The monoisotopic (exact) mass is 338 g/mol. The van der Waals surface area contributed by atoms with Crippen LogP contribution in [0, 0.1) is 5.82 Å². The highest BCUT2D eigenvalue weighted by molar-refractivity contribution is 6.03. The van der Waals surface area contributed by atoms with E-state index < -0.39 is 11.7 Å². The molecule has 0 radical (unpaired) electrons. The van der Waals surface area contributed by atoms with Crippen LogP contribution in [-0.2, 0) is 11.3 Å². The largest absolute Gasteiger partial charge is 0.335 e. The lowest BCUT2D eigenvalue weighted by molar-refractivity contribution is -0.116. The molecule has 0 aliphatic heterocycles. The molecule has 1 aromatic heterocycles. The molecule has 1 amide bonds. The fraction of sp³-hybridized carbons (Fsp3) is 0.105. The van der Waals surface area contributed by atoms with Gasteiger partial charge in [0.1, 0.15) is 12.4 Å². The van der Waals surface area contributed by atoms with Crippen molar-refractivity contribution < 1.29 is 14.0 Å². The summed E-state index contributed by atoms with van der Waals surface area (Å²) in [6.07, 6.45) is 1.38. The maximum atomic E-state index is 14.1. The summed E-state index contributed by atoms with van der Waals surface area (Å²) in [6, 6.07) is 12.1. The number of carbonyl (C=O) groups excluding carboxylic acids is 2. The summed E-state index contributed by atoms with van der Waals surface area (Å²) >= 11 is 0. The highest BCUT2D eigenvalue weighted by atomic mass is 19.1.